The van der Waals surface area contributed by atoms with Crippen molar-refractivity contribution in [2.24, 2.45) is 0 Å². The van der Waals surface area contributed by atoms with Crippen molar-refractivity contribution in [1.29, 1.82) is 0 Å². The maximum atomic E-state index is 12.5. The van der Waals surface area contributed by atoms with Crippen LogP contribution >= 0.6 is 0 Å². The highest BCUT2D eigenvalue weighted by Crippen LogP contribution is 2.23. The fourth-order valence-corrected chi connectivity index (χ4v) is 3.49. The van der Waals surface area contributed by atoms with E-state index in [0.29, 0.717) is 42.5 Å². The van der Waals surface area contributed by atoms with E-state index < -0.39 is 0 Å². The second-order valence-corrected chi connectivity index (χ2v) is 7.20. The molecule has 31 heavy (non-hydrogen) atoms. The standard InChI is InChI=1S/C22H29N5O4/c1-30-19-9-5-3-7-17(19)24-21(28)23-11-12-26-13-15-27(16-14-26)22(29)25-18-8-4-6-10-20(18)31-2/h3-10H,11-16H2,1-2H3,(H,25,29)(H2,23,24,28)/p+1. The summed E-state index contributed by atoms with van der Waals surface area (Å²) in [5, 5.41) is 8.59. The van der Waals surface area contributed by atoms with Crippen molar-refractivity contribution in [3.8, 4) is 11.5 Å². The van der Waals surface area contributed by atoms with Gasteiger partial charge in [0.25, 0.3) is 0 Å². The van der Waals surface area contributed by atoms with Gasteiger partial charge in [-0.2, -0.15) is 0 Å². The fraction of sp³-hybridized carbons (Fsp3) is 0.364. The number of urea groups is 2. The minimum absolute atomic E-state index is 0.127. The van der Waals surface area contributed by atoms with Crippen molar-refractivity contribution in [2.75, 3.05) is 64.1 Å². The van der Waals surface area contributed by atoms with Crippen LogP contribution in [-0.2, 0) is 0 Å². The molecule has 0 spiro atoms. The number of nitrogens with one attached hydrogen (secondary N) is 4. The van der Waals surface area contributed by atoms with Crippen molar-refractivity contribution in [3.63, 3.8) is 0 Å². The van der Waals surface area contributed by atoms with Gasteiger partial charge < -0.3 is 35.2 Å². The molecule has 0 bridgehead atoms. The summed E-state index contributed by atoms with van der Waals surface area (Å²) in [5.74, 6) is 1.25. The third kappa shape index (κ3) is 6.26. The quantitative estimate of drug-likeness (QED) is 0.534. The van der Waals surface area contributed by atoms with Crippen LogP contribution in [0.4, 0.5) is 21.0 Å². The Balaban J connectivity index is 1.37. The number of rotatable bonds is 7. The monoisotopic (exact) mass is 428 g/mol. The molecule has 1 heterocycles. The molecule has 4 N–H and O–H groups in total. The molecule has 0 saturated carbocycles. The van der Waals surface area contributed by atoms with E-state index in [1.165, 1.54) is 4.90 Å². The Kier molecular flexibility index (Phi) is 7.94. The van der Waals surface area contributed by atoms with E-state index in [1.807, 2.05) is 36.4 Å². The summed E-state index contributed by atoms with van der Waals surface area (Å²) in [6.07, 6.45) is 0. The molecule has 0 aliphatic carbocycles. The van der Waals surface area contributed by atoms with Gasteiger partial charge >= 0.3 is 12.1 Å². The maximum Gasteiger partial charge on any atom is 0.322 e. The number of para-hydroxylation sites is 4. The Morgan fingerprint density at radius 2 is 1.45 bits per heavy atom. The number of amides is 4. The van der Waals surface area contributed by atoms with Gasteiger partial charge in [0.05, 0.1) is 64.9 Å². The van der Waals surface area contributed by atoms with Crippen molar-refractivity contribution in [2.45, 2.75) is 0 Å². The zero-order valence-electron chi connectivity index (χ0n) is 17.9. The lowest BCUT2D eigenvalue weighted by molar-refractivity contribution is -0.902. The first-order valence-corrected chi connectivity index (χ1v) is 10.3. The smallest absolute Gasteiger partial charge is 0.322 e. The van der Waals surface area contributed by atoms with Crippen LogP contribution in [0.5, 0.6) is 11.5 Å². The molecule has 9 nitrogen and oxygen atoms in total. The SMILES string of the molecule is COc1ccccc1NC(=O)NCC[NH+]1CCN(C(=O)Nc2ccccc2OC)CC1. The average molecular weight is 429 g/mol. The molecular weight excluding hydrogens is 398 g/mol. The van der Waals surface area contributed by atoms with Crippen molar-refractivity contribution in [1.82, 2.24) is 10.2 Å². The molecule has 2 aromatic carbocycles. The molecule has 4 amide bonds. The zero-order chi connectivity index (χ0) is 22.1. The molecule has 0 aromatic heterocycles. The van der Waals surface area contributed by atoms with Gasteiger partial charge in [-0.05, 0) is 24.3 Å². The molecule has 1 aliphatic heterocycles. The van der Waals surface area contributed by atoms with Crippen LogP contribution in [0.1, 0.15) is 0 Å². The van der Waals surface area contributed by atoms with Gasteiger partial charge in [-0.1, -0.05) is 24.3 Å². The molecule has 0 radical (unpaired) electrons. The van der Waals surface area contributed by atoms with E-state index >= 15 is 0 Å². The summed E-state index contributed by atoms with van der Waals surface area (Å²) in [7, 11) is 3.15. The number of nitrogens with zero attached hydrogens (tertiary/aromatic N) is 1. The largest absolute Gasteiger partial charge is 0.495 e. The summed E-state index contributed by atoms with van der Waals surface area (Å²) in [5.41, 5.74) is 1.29. The Bertz CT molecular complexity index is 881. The van der Waals surface area contributed by atoms with Crippen LogP contribution in [0.15, 0.2) is 48.5 Å². The third-order valence-corrected chi connectivity index (χ3v) is 5.23. The average Bonchev–Trinajstić information content (AvgIpc) is 2.80. The molecule has 0 unspecified atom stereocenters. The number of quaternary nitrogens is 1. The van der Waals surface area contributed by atoms with Crippen LogP contribution < -0.4 is 30.3 Å². The lowest BCUT2D eigenvalue weighted by Gasteiger charge is -2.32. The number of benzene rings is 2. The number of hydrogen-bond donors (Lipinski definition) is 4. The predicted octanol–water partition coefficient (Wildman–Crippen LogP) is 1.26. The first-order valence-electron chi connectivity index (χ1n) is 10.3. The van der Waals surface area contributed by atoms with E-state index in [4.69, 9.17) is 9.47 Å². The number of methoxy groups -OCH3 is 2. The molecule has 2 aromatic rings. The van der Waals surface area contributed by atoms with Gasteiger partial charge in [-0.3, -0.25) is 0 Å². The molecule has 1 aliphatic rings. The summed E-state index contributed by atoms with van der Waals surface area (Å²) in [6, 6.07) is 14.2. The molecule has 1 fully saturated rings. The normalized spacial score (nSPS) is 13.9. The highest BCUT2D eigenvalue weighted by atomic mass is 16.5. The summed E-state index contributed by atoms with van der Waals surface area (Å²) in [4.78, 5) is 27.8. The molecule has 9 heteroatoms. The van der Waals surface area contributed by atoms with Crippen molar-refractivity contribution >= 4 is 23.4 Å². The molecule has 3 rings (SSSR count). The number of ether oxygens (including phenoxy) is 2. The van der Waals surface area contributed by atoms with Gasteiger partial charge in [-0.25, -0.2) is 9.59 Å². The summed E-state index contributed by atoms with van der Waals surface area (Å²) in [6.45, 7) is 4.31. The molecule has 1 saturated heterocycles. The van der Waals surface area contributed by atoms with Gasteiger partial charge in [0.2, 0.25) is 0 Å². The third-order valence-electron chi connectivity index (χ3n) is 5.23. The van der Waals surface area contributed by atoms with Crippen LogP contribution in [0.2, 0.25) is 0 Å². The zero-order valence-corrected chi connectivity index (χ0v) is 17.9. The number of carbonyl (C=O) groups is 2. The lowest BCUT2D eigenvalue weighted by atomic mass is 10.3. The second-order valence-electron chi connectivity index (χ2n) is 7.20. The van der Waals surface area contributed by atoms with Gasteiger partial charge in [0, 0.05) is 0 Å². The van der Waals surface area contributed by atoms with Gasteiger partial charge in [0.15, 0.2) is 0 Å². The van der Waals surface area contributed by atoms with E-state index in [9.17, 15) is 9.59 Å². The minimum Gasteiger partial charge on any atom is -0.495 e. The predicted molar refractivity (Wildman–Crippen MR) is 119 cm³/mol. The Hall–Kier alpha value is -3.46. The Morgan fingerprint density at radius 1 is 0.903 bits per heavy atom. The second kappa shape index (κ2) is 11.1. The topological polar surface area (TPSA) is 96.4 Å². The van der Waals surface area contributed by atoms with Crippen LogP contribution in [0, 0.1) is 0 Å². The van der Waals surface area contributed by atoms with E-state index in [2.05, 4.69) is 16.0 Å². The molecular formula is C22H30N5O4+. The summed E-state index contributed by atoms with van der Waals surface area (Å²) < 4.78 is 10.5. The highest BCUT2D eigenvalue weighted by molar-refractivity contribution is 5.91. The van der Waals surface area contributed by atoms with Crippen LogP contribution in [0.25, 0.3) is 0 Å². The fourth-order valence-electron chi connectivity index (χ4n) is 3.49. The minimum atomic E-state index is -0.265. The number of carbonyl (C=O) groups excluding carboxylic acids is 2. The first kappa shape index (κ1) is 22.2. The number of hydrogen-bond acceptors (Lipinski definition) is 4. The maximum absolute atomic E-state index is 12.5. The van der Waals surface area contributed by atoms with Crippen LogP contribution in [-0.4, -0.2) is 70.5 Å². The first-order chi connectivity index (χ1) is 15.1. The molecule has 166 valence electrons. The Morgan fingerprint density at radius 3 is 2.03 bits per heavy atom. The number of anilines is 2. The van der Waals surface area contributed by atoms with E-state index in [-0.39, 0.29) is 12.1 Å². The van der Waals surface area contributed by atoms with Crippen LogP contribution in [0.3, 0.4) is 0 Å². The highest BCUT2D eigenvalue weighted by Gasteiger charge is 2.24. The van der Waals surface area contributed by atoms with Crippen molar-refractivity contribution < 1.29 is 24.0 Å². The van der Waals surface area contributed by atoms with E-state index in [1.54, 1.807) is 31.3 Å². The Labute approximate surface area is 182 Å². The summed E-state index contributed by atoms with van der Waals surface area (Å²) >= 11 is 0. The number of piperazine rings is 1. The van der Waals surface area contributed by atoms with E-state index in [0.717, 1.165) is 19.6 Å². The van der Waals surface area contributed by atoms with Gasteiger partial charge in [-0.15, -0.1) is 0 Å². The lowest BCUT2D eigenvalue weighted by Crippen LogP contribution is -3.15. The van der Waals surface area contributed by atoms with Crippen molar-refractivity contribution in [3.05, 3.63) is 48.5 Å². The van der Waals surface area contributed by atoms with Gasteiger partial charge in [0.1, 0.15) is 11.5 Å². The molecule has 0 atom stereocenters.